The molecule has 2 nitrogen and oxygen atoms in total. The predicted octanol–water partition coefficient (Wildman–Crippen LogP) is 3.88. The van der Waals surface area contributed by atoms with E-state index in [2.05, 4.69) is 48.7 Å². The lowest BCUT2D eigenvalue weighted by Gasteiger charge is -2.17. The van der Waals surface area contributed by atoms with Gasteiger partial charge < -0.3 is 5.32 Å². The number of carbonyl (C=O) groups excluding carboxylic acids is 1. The van der Waals surface area contributed by atoms with Crippen LogP contribution in [0.25, 0.3) is 0 Å². The zero-order valence-electron chi connectivity index (χ0n) is 10.4. The molecular weight excluding hydrogens is 301 g/mol. The molecule has 0 aliphatic rings. The Kier molecular flexibility index (Phi) is 7.57. The van der Waals surface area contributed by atoms with Crippen molar-refractivity contribution in [2.45, 2.75) is 63.8 Å². The molecule has 0 radical (unpaired) electrons. The van der Waals surface area contributed by atoms with Gasteiger partial charge in [-0.1, -0.05) is 56.2 Å². The van der Waals surface area contributed by atoms with Crippen molar-refractivity contribution >= 4 is 28.5 Å². The van der Waals surface area contributed by atoms with Crippen LogP contribution < -0.4 is 5.32 Å². The quantitative estimate of drug-likeness (QED) is 0.341. The first-order valence-corrected chi connectivity index (χ1v) is 6.99. The standard InChI is InChI=1S/C12H24INO/c1-10(13)14-11(15)8-6-5-7-9-12(2,3)4/h10H,5-9H2,1-4H3,(H,14,15). The summed E-state index contributed by atoms with van der Waals surface area (Å²) in [7, 11) is 0. The van der Waals surface area contributed by atoms with Crippen LogP contribution in [0.5, 0.6) is 0 Å². The zero-order chi connectivity index (χ0) is 11.9. The summed E-state index contributed by atoms with van der Waals surface area (Å²) >= 11 is 2.20. The van der Waals surface area contributed by atoms with Crippen molar-refractivity contribution in [1.82, 2.24) is 5.32 Å². The van der Waals surface area contributed by atoms with Gasteiger partial charge in [0.05, 0.1) is 4.05 Å². The van der Waals surface area contributed by atoms with Crippen molar-refractivity contribution in [3.8, 4) is 0 Å². The van der Waals surface area contributed by atoms with E-state index < -0.39 is 0 Å². The largest absolute Gasteiger partial charge is 0.345 e. The second-order valence-electron chi connectivity index (χ2n) is 5.30. The summed E-state index contributed by atoms with van der Waals surface area (Å²) in [5.74, 6) is 0.188. The van der Waals surface area contributed by atoms with Crippen molar-refractivity contribution in [1.29, 1.82) is 0 Å². The van der Waals surface area contributed by atoms with E-state index >= 15 is 0 Å². The molecule has 0 spiro atoms. The maximum atomic E-state index is 11.3. The average Bonchev–Trinajstić information content (AvgIpc) is 1.99. The maximum absolute atomic E-state index is 11.3. The molecule has 0 saturated heterocycles. The molecule has 1 unspecified atom stereocenters. The number of alkyl halides is 1. The summed E-state index contributed by atoms with van der Waals surface area (Å²) in [6, 6.07) is 0. The minimum Gasteiger partial charge on any atom is -0.345 e. The van der Waals surface area contributed by atoms with Gasteiger partial charge >= 0.3 is 0 Å². The van der Waals surface area contributed by atoms with E-state index in [-0.39, 0.29) is 9.96 Å². The van der Waals surface area contributed by atoms with Crippen LogP contribution in [-0.2, 0) is 4.79 Å². The van der Waals surface area contributed by atoms with Crippen molar-refractivity contribution in [3.63, 3.8) is 0 Å². The maximum Gasteiger partial charge on any atom is 0.220 e. The highest BCUT2D eigenvalue weighted by Gasteiger charge is 2.09. The third-order valence-electron chi connectivity index (χ3n) is 2.19. The molecule has 0 aliphatic heterocycles. The number of carbonyl (C=O) groups is 1. The first kappa shape index (κ1) is 15.2. The van der Waals surface area contributed by atoms with Gasteiger partial charge in [-0.05, 0) is 25.2 Å². The minimum atomic E-state index is 0.188. The van der Waals surface area contributed by atoms with E-state index in [4.69, 9.17) is 0 Å². The fourth-order valence-corrected chi connectivity index (χ4v) is 1.76. The van der Waals surface area contributed by atoms with Crippen LogP contribution in [-0.4, -0.2) is 9.96 Å². The second-order valence-corrected chi connectivity index (χ2v) is 7.17. The van der Waals surface area contributed by atoms with E-state index in [1.165, 1.54) is 19.3 Å². The topological polar surface area (TPSA) is 29.1 Å². The van der Waals surface area contributed by atoms with Gasteiger partial charge in [0.2, 0.25) is 5.91 Å². The van der Waals surface area contributed by atoms with Gasteiger partial charge in [0.15, 0.2) is 0 Å². The summed E-state index contributed by atoms with van der Waals surface area (Å²) in [5.41, 5.74) is 0.430. The van der Waals surface area contributed by atoms with Crippen LogP contribution in [0.2, 0.25) is 0 Å². The first-order chi connectivity index (χ1) is 6.81. The lowest BCUT2D eigenvalue weighted by atomic mass is 9.89. The van der Waals surface area contributed by atoms with Crippen LogP contribution in [0.15, 0.2) is 0 Å². The molecular formula is C12H24INO. The lowest BCUT2D eigenvalue weighted by Crippen LogP contribution is -2.27. The molecule has 0 heterocycles. The van der Waals surface area contributed by atoms with Gasteiger partial charge in [0, 0.05) is 6.42 Å². The smallest absolute Gasteiger partial charge is 0.220 e. The Bertz CT molecular complexity index is 185. The molecule has 0 fully saturated rings. The summed E-state index contributed by atoms with van der Waals surface area (Å²) < 4.78 is 0.240. The molecule has 0 saturated carbocycles. The highest BCUT2D eigenvalue weighted by Crippen LogP contribution is 2.22. The fourth-order valence-electron chi connectivity index (χ4n) is 1.41. The minimum absolute atomic E-state index is 0.188. The monoisotopic (exact) mass is 325 g/mol. The Morgan fingerprint density at radius 1 is 1.27 bits per heavy atom. The Morgan fingerprint density at radius 2 is 1.87 bits per heavy atom. The van der Waals surface area contributed by atoms with Gasteiger partial charge in [-0.2, -0.15) is 0 Å². The average molecular weight is 325 g/mol. The Labute approximate surface area is 108 Å². The Morgan fingerprint density at radius 3 is 2.33 bits per heavy atom. The van der Waals surface area contributed by atoms with Crippen molar-refractivity contribution in [2.24, 2.45) is 5.41 Å². The van der Waals surface area contributed by atoms with Crippen molar-refractivity contribution in [3.05, 3.63) is 0 Å². The van der Waals surface area contributed by atoms with E-state index in [1.54, 1.807) is 0 Å². The highest BCUT2D eigenvalue weighted by molar-refractivity contribution is 14.1. The second kappa shape index (κ2) is 7.47. The number of amides is 1. The molecule has 3 heteroatoms. The van der Waals surface area contributed by atoms with Gasteiger partial charge in [0.25, 0.3) is 0 Å². The van der Waals surface area contributed by atoms with E-state index in [9.17, 15) is 4.79 Å². The van der Waals surface area contributed by atoms with Gasteiger partial charge in [0.1, 0.15) is 0 Å². The van der Waals surface area contributed by atoms with E-state index in [0.29, 0.717) is 11.8 Å². The molecule has 0 aromatic heterocycles. The normalized spacial score (nSPS) is 13.7. The molecule has 1 amide bonds. The molecule has 0 aromatic carbocycles. The fraction of sp³-hybridized carbons (Fsp3) is 0.917. The molecule has 0 bridgehead atoms. The van der Waals surface area contributed by atoms with Crippen LogP contribution in [0, 0.1) is 5.41 Å². The van der Waals surface area contributed by atoms with Crippen molar-refractivity contribution in [2.75, 3.05) is 0 Å². The summed E-state index contributed by atoms with van der Waals surface area (Å²) in [5, 5.41) is 2.90. The Hall–Kier alpha value is 0.200. The van der Waals surface area contributed by atoms with Crippen LogP contribution in [0.4, 0.5) is 0 Å². The predicted molar refractivity (Wildman–Crippen MR) is 74.2 cm³/mol. The van der Waals surface area contributed by atoms with Crippen LogP contribution >= 0.6 is 22.6 Å². The van der Waals surface area contributed by atoms with E-state index in [0.717, 1.165) is 6.42 Å². The third-order valence-corrected chi connectivity index (χ3v) is 2.50. The Balaban J connectivity index is 3.35. The molecule has 1 atom stereocenters. The summed E-state index contributed by atoms with van der Waals surface area (Å²) in [6.45, 7) is 8.77. The van der Waals surface area contributed by atoms with E-state index in [1.807, 2.05) is 6.92 Å². The van der Waals surface area contributed by atoms with Gasteiger partial charge in [-0.15, -0.1) is 0 Å². The number of halogens is 1. The summed E-state index contributed by atoms with van der Waals surface area (Å²) in [4.78, 5) is 11.3. The third kappa shape index (κ3) is 12.1. The van der Waals surface area contributed by atoms with Gasteiger partial charge in [-0.3, -0.25) is 4.79 Å². The molecule has 90 valence electrons. The number of hydrogen-bond acceptors (Lipinski definition) is 1. The zero-order valence-corrected chi connectivity index (χ0v) is 12.6. The highest BCUT2D eigenvalue weighted by atomic mass is 127. The lowest BCUT2D eigenvalue weighted by molar-refractivity contribution is -0.121. The number of unbranched alkanes of at least 4 members (excludes halogenated alkanes) is 2. The van der Waals surface area contributed by atoms with Gasteiger partial charge in [-0.25, -0.2) is 0 Å². The summed E-state index contributed by atoms with van der Waals surface area (Å²) in [6.07, 6.45) is 5.34. The molecule has 0 rings (SSSR count). The van der Waals surface area contributed by atoms with Crippen LogP contribution in [0.3, 0.4) is 0 Å². The van der Waals surface area contributed by atoms with Crippen molar-refractivity contribution < 1.29 is 4.79 Å². The number of hydrogen-bond donors (Lipinski definition) is 1. The molecule has 0 aliphatic carbocycles. The molecule has 15 heavy (non-hydrogen) atoms. The molecule has 0 aromatic rings. The number of nitrogens with one attached hydrogen (secondary N) is 1. The SMILES string of the molecule is CC(I)NC(=O)CCCCCC(C)(C)C. The number of rotatable bonds is 6. The molecule has 1 N–H and O–H groups in total. The van der Waals surface area contributed by atoms with Crippen LogP contribution in [0.1, 0.15) is 59.8 Å². The first-order valence-electron chi connectivity index (χ1n) is 5.75.